The van der Waals surface area contributed by atoms with Crippen LogP contribution in [0.1, 0.15) is 39.0 Å². The van der Waals surface area contributed by atoms with Crippen LogP contribution in [0.15, 0.2) is 12.2 Å². The van der Waals surface area contributed by atoms with E-state index in [4.69, 9.17) is 5.11 Å². The lowest BCUT2D eigenvalue weighted by Gasteiger charge is -2.17. The molecule has 14 heteroatoms. The van der Waals surface area contributed by atoms with Crippen molar-refractivity contribution in [3.8, 4) is 0 Å². The fraction of sp³-hybridized carbons (Fsp3) is 0.818. The zero-order valence-electron chi connectivity index (χ0n) is 13.8. The van der Waals surface area contributed by atoms with Crippen LogP contribution in [0.5, 0.6) is 0 Å². The Labute approximate surface area is 146 Å². The highest BCUT2D eigenvalue weighted by atomic mass is 31.3. The first-order valence-corrected chi connectivity index (χ1v) is 12.0. The second-order valence-electron chi connectivity index (χ2n) is 4.77. The summed E-state index contributed by atoms with van der Waals surface area (Å²) in [6, 6.07) is 0. The number of aliphatic hydroxyl groups excluding tert-OH is 1. The Bertz CT molecular complexity index is 535. The van der Waals surface area contributed by atoms with E-state index in [1.807, 2.05) is 6.92 Å². The number of aliphatic hydroxyl groups is 1. The molecule has 0 aliphatic rings. The van der Waals surface area contributed by atoms with E-state index in [0.717, 1.165) is 31.8 Å². The number of phosphoric acid groups is 3. The molecule has 0 spiro atoms. The summed E-state index contributed by atoms with van der Waals surface area (Å²) >= 11 is 0. The molecule has 0 radical (unpaired) electrons. The van der Waals surface area contributed by atoms with Gasteiger partial charge in [-0.15, -0.1) is 0 Å². The van der Waals surface area contributed by atoms with Crippen molar-refractivity contribution in [3.05, 3.63) is 12.2 Å². The van der Waals surface area contributed by atoms with Crippen LogP contribution in [0.2, 0.25) is 0 Å². The Hall–Kier alpha value is 0.110. The zero-order chi connectivity index (χ0) is 19.4. The summed E-state index contributed by atoms with van der Waals surface area (Å²) < 4.78 is 51.1. The zero-order valence-corrected chi connectivity index (χ0v) is 16.5. The lowest BCUT2D eigenvalue weighted by molar-refractivity contribution is 0.161. The maximum Gasteiger partial charge on any atom is 0.490 e. The van der Waals surface area contributed by atoms with Crippen LogP contribution < -0.4 is 0 Å². The van der Waals surface area contributed by atoms with Gasteiger partial charge in [-0.3, -0.25) is 9.05 Å². The molecule has 0 aromatic heterocycles. The molecule has 0 saturated carbocycles. The largest absolute Gasteiger partial charge is 0.490 e. The van der Waals surface area contributed by atoms with Crippen molar-refractivity contribution in [2.75, 3.05) is 19.8 Å². The Kier molecular flexibility index (Phi) is 12.5. The van der Waals surface area contributed by atoms with Crippen LogP contribution in [0.25, 0.3) is 0 Å². The van der Waals surface area contributed by atoms with Gasteiger partial charge >= 0.3 is 23.5 Å². The lowest BCUT2D eigenvalue weighted by Crippen LogP contribution is -2.00. The van der Waals surface area contributed by atoms with E-state index >= 15 is 0 Å². The monoisotopic (exact) mass is 426 g/mol. The third-order valence-corrected chi connectivity index (χ3v) is 6.81. The van der Waals surface area contributed by atoms with Crippen LogP contribution in [0.3, 0.4) is 0 Å². The summed E-state index contributed by atoms with van der Waals surface area (Å²) in [4.78, 5) is 27.9. The lowest BCUT2D eigenvalue weighted by atomic mass is 10.2. The standard InChI is InChI=1S/C11H25O11P3/c1-2-3-4-5-7-10-19-23(13,14)21-25(17,18)22-24(15,16)20-11-8-6-9-12/h6,8,12H,2-5,7,9-11H2,1H3,(H,13,14)(H,15,16)(H,17,18)/b8-6+. The highest BCUT2D eigenvalue weighted by Gasteiger charge is 2.41. The van der Waals surface area contributed by atoms with Gasteiger partial charge in [0.15, 0.2) is 0 Å². The molecule has 0 bridgehead atoms. The number of rotatable bonds is 15. The molecule has 25 heavy (non-hydrogen) atoms. The van der Waals surface area contributed by atoms with E-state index < -0.39 is 30.1 Å². The number of hydrogen-bond donors (Lipinski definition) is 4. The van der Waals surface area contributed by atoms with Crippen molar-refractivity contribution < 1.29 is 51.2 Å². The average Bonchev–Trinajstić information content (AvgIpc) is 2.45. The van der Waals surface area contributed by atoms with Gasteiger partial charge < -0.3 is 19.8 Å². The van der Waals surface area contributed by atoms with Gasteiger partial charge in [-0.25, -0.2) is 13.7 Å². The third-order valence-electron chi connectivity index (χ3n) is 2.52. The van der Waals surface area contributed by atoms with E-state index in [9.17, 15) is 28.4 Å². The maximum absolute atomic E-state index is 11.6. The minimum atomic E-state index is -5.41. The van der Waals surface area contributed by atoms with Crippen LogP contribution in [0, 0.1) is 0 Å². The molecule has 0 aliphatic heterocycles. The van der Waals surface area contributed by atoms with Gasteiger partial charge in [-0.1, -0.05) is 44.8 Å². The second-order valence-corrected chi connectivity index (χ2v) is 9.40. The van der Waals surface area contributed by atoms with Gasteiger partial charge in [-0.2, -0.15) is 8.62 Å². The summed E-state index contributed by atoms with van der Waals surface area (Å²) in [6.07, 6.45) is 6.44. The predicted octanol–water partition coefficient (Wildman–Crippen LogP) is 2.87. The molecule has 0 aromatic rings. The summed E-state index contributed by atoms with van der Waals surface area (Å²) in [5.41, 5.74) is 0. The Morgan fingerprint density at radius 3 is 1.92 bits per heavy atom. The van der Waals surface area contributed by atoms with Crippen molar-refractivity contribution in [1.82, 2.24) is 0 Å². The minimum Gasteiger partial charge on any atom is -0.392 e. The predicted molar refractivity (Wildman–Crippen MR) is 88.5 cm³/mol. The highest BCUT2D eigenvalue weighted by Crippen LogP contribution is 2.67. The number of hydrogen-bond acceptors (Lipinski definition) is 8. The van der Waals surface area contributed by atoms with Gasteiger partial charge in [0.2, 0.25) is 0 Å². The van der Waals surface area contributed by atoms with E-state index in [1.165, 1.54) is 6.08 Å². The quantitative estimate of drug-likeness (QED) is 0.172. The van der Waals surface area contributed by atoms with E-state index in [-0.39, 0.29) is 13.2 Å². The average molecular weight is 426 g/mol. The van der Waals surface area contributed by atoms with Gasteiger partial charge in [0, 0.05) is 0 Å². The van der Waals surface area contributed by atoms with Crippen LogP contribution in [-0.4, -0.2) is 39.6 Å². The Morgan fingerprint density at radius 1 is 0.800 bits per heavy atom. The summed E-state index contributed by atoms with van der Waals surface area (Å²) in [7, 11) is -15.4. The summed E-state index contributed by atoms with van der Waals surface area (Å²) in [6.45, 7) is 0.971. The first-order valence-electron chi connectivity index (χ1n) is 7.49. The molecule has 0 saturated heterocycles. The fourth-order valence-electron chi connectivity index (χ4n) is 1.49. The second kappa shape index (κ2) is 12.5. The van der Waals surface area contributed by atoms with Crippen LogP contribution in [-0.2, 0) is 31.4 Å². The molecule has 3 atom stereocenters. The molecule has 4 N–H and O–H groups in total. The maximum atomic E-state index is 11.6. The highest BCUT2D eigenvalue weighted by molar-refractivity contribution is 7.66. The molecule has 0 aliphatic carbocycles. The Balaban J connectivity index is 4.37. The fourth-order valence-corrected chi connectivity index (χ4v) is 4.97. The van der Waals surface area contributed by atoms with Gasteiger partial charge in [-0.05, 0) is 6.42 Å². The van der Waals surface area contributed by atoms with Crippen molar-refractivity contribution in [2.45, 2.75) is 39.0 Å². The van der Waals surface area contributed by atoms with Gasteiger partial charge in [0.05, 0.1) is 19.8 Å². The molecule has 0 heterocycles. The number of unbranched alkanes of at least 4 members (excludes halogenated alkanes) is 4. The molecular weight excluding hydrogens is 401 g/mol. The molecular formula is C11H25O11P3. The Morgan fingerprint density at radius 2 is 1.36 bits per heavy atom. The molecule has 0 aromatic carbocycles. The smallest absolute Gasteiger partial charge is 0.392 e. The van der Waals surface area contributed by atoms with Crippen molar-refractivity contribution in [2.24, 2.45) is 0 Å². The molecule has 3 unspecified atom stereocenters. The van der Waals surface area contributed by atoms with E-state index in [2.05, 4.69) is 17.7 Å². The normalized spacial score (nSPS) is 19.4. The SMILES string of the molecule is CCCCCCCOP(=O)(O)OP(=O)(O)OP(=O)(O)OC/C=C/CO. The van der Waals surface area contributed by atoms with Crippen molar-refractivity contribution in [3.63, 3.8) is 0 Å². The van der Waals surface area contributed by atoms with E-state index in [1.54, 1.807) is 0 Å². The van der Waals surface area contributed by atoms with Crippen LogP contribution >= 0.6 is 23.5 Å². The number of phosphoric ester groups is 2. The first-order chi connectivity index (χ1) is 11.5. The topological polar surface area (TPSA) is 169 Å². The van der Waals surface area contributed by atoms with Gasteiger partial charge in [0.1, 0.15) is 0 Å². The van der Waals surface area contributed by atoms with Gasteiger partial charge in [0.25, 0.3) is 0 Å². The molecule has 0 fully saturated rings. The molecule has 0 amide bonds. The van der Waals surface area contributed by atoms with Crippen molar-refractivity contribution in [1.29, 1.82) is 0 Å². The van der Waals surface area contributed by atoms with E-state index in [0.29, 0.717) is 6.42 Å². The first kappa shape index (κ1) is 25.1. The van der Waals surface area contributed by atoms with Crippen molar-refractivity contribution >= 4 is 23.5 Å². The third kappa shape index (κ3) is 14.9. The minimum absolute atomic E-state index is 0.198. The molecule has 150 valence electrons. The molecule has 0 rings (SSSR count). The molecule has 11 nitrogen and oxygen atoms in total. The van der Waals surface area contributed by atoms with Crippen LogP contribution in [0.4, 0.5) is 0 Å². The summed E-state index contributed by atoms with van der Waals surface area (Å²) in [5.74, 6) is 0. The summed E-state index contributed by atoms with van der Waals surface area (Å²) in [5, 5.41) is 8.46.